The number of halogens is 1. The van der Waals surface area contributed by atoms with Gasteiger partial charge in [0.25, 0.3) is 0 Å². The highest BCUT2D eigenvalue weighted by atomic mass is 19.1. The van der Waals surface area contributed by atoms with E-state index in [1.54, 1.807) is 18.3 Å². The molecule has 0 bridgehead atoms. The van der Waals surface area contributed by atoms with E-state index >= 15 is 0 Å². The van der Waals surface area contributed by atoms with Crippen LogP contribution in [0.5, 0.6) is 0 Å². The highest BCUT2D eigenvalue weighted by Crippen LogP contribution is 2.13. The van der Waals surface area contributed by atoms with Gasteiger partial charge in [-0.15, -0.1) is 0 Å². The first kappa shape index (κ1) is 12.8. The Morgan fingerprint density at radius 1 is 1.25 bits per heavy atom. The summed E-state index contributed by atoms with van der Waals surface area (Å²) in [5.41, 5.74) is 0.984. The van der Waals surface area contributed by atoms with E-state index in [2.05, 4.69) is 9.55 Å². The van der Waals surface area contributed by atoms with Gasteiger partial charge in [-0.3, -0.25) is 4.79 Å². The molecule has 0 aliphatic carbocycles. The molecule has 2 aromatic rings. The lowest BCUT2D eigenvalue weighted by molar-refractivity contribution is -0.132. The number of imidazole rings is 1. The van der Waals surface area contributed by atoms with Crippen molar-refractivity contribution < 1.29 is 9.18 Å². The zero-order valence-corrected chi connectivity index (χ0v) is 11.1. The van der Waals surface area contributed by atoms with E-state index in [0.29, 0.717) is 19.4 Å². The minimum atomic E-state index is -0.247. The third kappa shape index (κ3) is 2.71. The van der Waals surface area contributed by atoms with Gasteiger partial charge in [-0.1, -0.05) is 12.1 Å². The smallest absolute Gasteiger partial charge is 0.223 e. The summed E-state index contributed by atoms with van der Waals surface area (Å²) in [5, 5.41) is 0. The number of amides is 1. The average molecular weight is 273 g/mol. The van der Waals surface area contributed by atoms with Crippen LogP contribution in [-0.2, 0) is 24.3 Å². The highest BCUT2D eigenvalue weighted by Gasteiger charge is 2.20. The Hall–Kier alpha value is -2.17. The molecule has 0 N–H and O–H groups in total. The van der Waals surface area contributed by atoms with Crippen molar-refractivity contribution in [3.8, 4) is 0 Å². The van der Waals surface area contributed by atoms with E-state index < -0.39 is 0 Å². The highest BCUT2D eigenvalue weighted by molar-refractivity contribution is 5.76. The molecule has 0 spiro atoms. The van der Waals surface area contributed by atoms with Gasteiger partial charge in [0.1, 0.15) is 11.6 Å². The number of carbonyl (C=O) groups excluding carboxylic acids is 1. The molecule has 0 saturated heterocycles. The Bertz CT molecular complexity index is 606. The molecule has 0 saturated carbocycles. The van der Waals surface area contributed by atoms with Crippen molar-refractivity contribution in [3.05, 3.63) is 53.9 Å². The summed E-state index contributed by atoms with van der Waals surface area (Å²) in [6.07, 6.45) is 4.80. The first-order valence-electron chi connectivity index (χ1n) is 6.74. The molecule has 1 aromatic carbocycles. The van der Waals surface area contributed by atoms with Gasteiger partial charge in [0.05, 0.1) is 6.54 Å². The second-order valence-electron chi connectivity index (χ2n) is 4.98. The third-order valence-electron chi connectivity index (χ3n) is 3.64. The summed E-state index contributed by atoms with van der Waals surface area (Å²) < 4.78 is 14.9. The number of carbonyl (C=O) groups is 1. The standard InChI is InChI=1S/C15H16FN3O/c16-13-4-1-12(2-5-13)3-6-15(20)19-10-9-18-8-7-17-14(18)11-19/h1-2,4-5,7-8H,3,6,9-11H2. The van der Waals surface area contributed by atoms with E-state index in [1.807, 2.05) is 11.1 Å². The number of benzene rings is 1. The molecule has 4 nitrogen and oxygen atoms in total. The summed E-state index contributed by atoms with van der Waals surface area (Å²) >= 11 is 0. The summed E-state index contributed by atoms with van der Waals surface area (Å²) in [4.78, 5) is 18.3. The molecule has 104 valence electrons. The fourth-order valence-electron chi connectivity index (χ4n) is 2.45. The quantitative estimate of drug-likeness (QED) is 0.858. The van der Waals surface area contributed by atoms with Gasteiger partial charge in [0.15, 0.2) is 0 Å². The maximum absolute atomic E-state index is 12.8. The molecule has 0 atom stereocenters. The van der Waals surface area contributed by atoms with Gasteiger partial charge in [0, 0.05) is 31.9 Å². The van der Waals surface area contributed by atoms with Crippen LogP contribution in [0.3, 0.4) is 0 Å². The first-order chi connectivity index (χ1) is 9.72. The van der Waals surface area contributed by atoms with Crippen molar-refractivity contribution in [3.63, 3.8) is 0 Å². The van der Waals surface area contributed by atoms with Crippen LogP contribution in [-0.4, -0.2) is 26.9 Å². The fraction of sp³-hybridized carbons (Fsp3) is 0.333. The average Bonchev–Trinajstić information content (AvgIpc) is 2.93. The number of aryl methyl sites for hydroxylation is 1. The Balaban J connectivity index is 1.56. The molecule has 3 rings (SSSR count). The van der Waals surface area contributed by atoms with Crippen LogP contribution in [0, 0.1) is 5.82 Å². The molecule has 2 heterocycles. The molecular weight excluding hydrogens is 257 g/mol. The second kappa shape index (κ2) is 5.45. The van der Waals surface area contributed by atoms with Crippen molar-refractivity contribution in [1.29, 1.82) is 0 Å². The summed E-state index contributed by atoms with van der Waals surface area (Å²) in [6, 6.07) is 6.31. The molecule has 1 aromatic heterocycles. The predicted molar refractivity (Wildman–Crippen MR) is 72.4 cm³/mol. The molecular formula is C15H16FN3O. The molecule has 0 unspecified atom stereocenters. The number of nitrogens with zero attached hydrogens (tertiary/aromatic N) is 3. The van der Waals surface area contributed by atoms with E-state index in [-0.39, 0.29) is 11.7 Å². The van der Waals surface area contributed by atoms with Crippen LogP contribution in [0.15, 0.2) is 36.7 Å². The lowest BCUT2D eigenvalue weighted by Crippen LogP contribution is -2.38. The van der Waals surface area contributed by atoms with Crippen molar-refractivity contribution in [2.24, 2.45) is 0 Å². The molecule has 0 fully saturated rings. The molecule has 5 heteroatoms. The molecule has 20 heavy (non-hydrogen) atoms. The Kier molecular flexibility index (Phi) is 3.50. The first-order valence-corrected chi connectivity index (χ1v) is 6.74. The lowest BCUT2D eigenvalue weighted by atomic mass is 10.1. The van der Waals surface area contributed by atoms with Crippen molar-refractivity contribution in [1.82, 2.24) is 14.5 Å². The zero-order chi connectivity index (χ0) is 13.9. The van der Waals surface area contributed by atoms with Crippen LogP contribution in [0.4, 0.5) is 4.39 Å². The van der Waals surface area contributed by atoms with E-state index in [0.717, 1.165) is 24.5 Å². The van der Waals surface area contributed by atoms with E-state index in [9.17, 15) is 9.18 Å². The van der Waals surface area contributed by atoms with Gasteiger partial charge in [-0.2, -0.15) is 0 Å². The number of fused-ring (bicyclic) bond motifs is 1. The Morgan fingerprint density at radius 3 is 2.85 bits per heavy atom. The van der Waals surface area contributed by atoms with Crippen molar-refractivity contribution >= 4 is 5.91 Å². The second-order valence-corrected chi connectivity index (χ2v) is 4.98. The normalized spacial score (nSPS) is 14.2. The van der Waals surface area contributed by atoms with Gasteiger partial charge < -0.3 is 9.47 Å². The number of hydrogen-bond donors (Lipinski definition) is 0. The third-order valence-corrected chi connectivity index (χ3v) is 3.64. The fourth-order valence-corrected chi connectivity index (χ4v) is 2.45. The van der Waals surface area contributed by atoms with Gasteiger partial charge in [-0.05, 0) is 24.1 Å². The monoisotopic (exact) mass is 273 g/mol. The molecule has 0 radical (unpaired) electrons. The number of hydrogen-bond acceptors (Lipinski definition) is 2. The van der Waals surface area contributed by atoms with Crippen LogP contribution in [0.2, 0.25) is 0 Å². The van der Waals surface area contributed by atoms with Crippen LogP contribution in [0.25, 0.3) is 0 Å². The van der Waals surface area contributed by atoms with E-state index in [1.165, 1.54) is 12.1 Å². The minimum Gasteiger partial charge on any atom is -0.333 e. The topological polar surface area (TPSA) is 38.1 Å². The maximum atomic E-state index is 12.8. The maximum Gasteiger partial charge on any atom is 0.223 e. The zero-order valence-electron chi connectivity index (χ0n) is 11.1. The predicted octanol–water partition coefficient (Wildman–Crippen LogP) is 2.00. The van der Waals surface area contributed by atoms with Crippen molar-refractivity contribution in [2.75, 3.05) is 6.54 Å². The Morgan fingerprint density at radius 2 is 2.05 bits per heavy atom. The van der Waals surface area contributed by atoms with Crippen molar-refractivity contribution in [2.45, 2.75) is 25.9 Å². The van der Waals surface area contributed by atoms with Gasteiger partial charge >= 0.3 is 0 Å². The van der Waals surface area contributed by atoms with Crippen LogP contribution >= 0.6 is 0 Å². The van der Waals surface area contributed by atoms with Crippen LogP contribution in [0.1, 0.15) is 17.8 Å². The summed E-state index contributed by atoms with van der Waals surface area (Å²) in [5.74, 6) is 0.818. The molecule has 1 amide bonds. The Labute approximate surface area is 116 Å². The van der Waals surface area contributed by atoms with Gasteiger partial charge in [0.2, 0.25) is 5.91 Å². The lowest BCUT2D eigenvalue weighted by Gasteiger charge is -2.27. The summed E-state index contributed by atoms with van der Waals surface area (Å²) in [7, 11) is 0. The van der Waals surface area contributed by atoms with Crippen LogP contribution < -0.4 is 0 Å². The number of rotatable bonds is 3. The molecule has 1 aliphatic heterocycles. The van der Waals surface area contributed by atoms with E-state index in [4.69, 9.17) is 0 Å². The molecule has 1 aliphatic rings. The summed E-state index contributed by atoms with van der Waals surface area (Å²) in [6.45, 7) is 2.11. The van der Waals surface area contributed by atoms with Gasteiger partial charge in [-0.25, -0.2) is 9.37 Å². The SMILES string of the molecule is O=C(CCc1ccc(F)cc1)N1CCn2ccnc2C1. The number of aromatic nitrogens is 2. The minimum absolute atomic E-state index is 0.128. The largest absolute Gasteiger partial charge is 0.333 e.